The summed E-state index contributed by atoms with van der Waals surface area (Å²) in [5.41, 5.74) is 3.45. The topological polar surface area (TPSA) is 104 Å². The van der Waals surface area contributed by atoms with Crippen molar-refractivity contribution < 1.29 is 14.3 Å². The molecule has 0 saturated heterocycles. The van der Waals surface area contributed by atoms with Crippen LogP contribution in [0.1, 0.15) is 5.56 Å². The van der Waals surface area contributed by atoms with E-state index in [2.05, 4.69) is 42.0 Å². The minimum atomic E-state index is -0.536. The largest absolute Gasteiger partial charge is 0.507 e. The molecule has 0 radical (unpaired) electrons. The van der Waals surface area contributed by atoms with E-state index in [4.69, 9.17) is 0 Å². The van der Waals surface area contributed by atoms with Crippen molar-refractivity contribution in [2.45, 2.75) is 6.54 Å². The maximum absolute atomic E-state index is 13.7. The van der Waals surface area contributed by atoms with Crippen molar-refractivity contribution in [1.82, 2.24) is 14.6 Å². The van der Waals surface area contributed by atoms with Crippen LogP contribution in [0.15, 0.2) is 89.5 Å². The Morgan fingerprint density at radius 1 is 1.00 bits per heavy atom. The highest BCUT2D eigenvalue weighted by Crippen LogP contribution is 2.31. The number of phenols is 1. The molecule has 0 saturated carbocycles. The number of fused-ring (bicyclic) bond motifs is 1. The second-order valence-corrected chi connectivity index (χ2v) is 8.74. The summed E-state index contributed by atoms with van der Waals surface area (Å²) in [7, 11) is 0. The van der Waals surface area contributed by atoms with Gasteiger partial charge in [-0.3, -0.25) is 0 Å². The van der Waals surface area contributed by atoms with E-state index in [-0.39, 0.29) is 11.4 Å². The second kappa shape index (κ2) is 10.0. The SMILES string of the molecule is O=C(Nc1ccc(CNc2cc(-c3ccccc3O)nc3c(Br)cnn23)cc1)Nc1ccccc1F. The van der Waals surface area contributed by atoms with Gasteiger partial charge in [0.15, 0.2) is 5.65 Å². The van der Waals surface area contributed by atoms with Gasteiger partial charge in [0.25, 0.3) is 0 Å². The molecular formula is C26H20BrFN6O2. The molecule has 0 aliphatic rings. The van der Waals surface area contributed by atoms with Crippen molar-refractivity contribution >= 4 is 44.8 Å². The van der Waals surface area contributed by atoms with Crippen LogP contribution >= 0.6 is 15.9 Å². The van der Waals surface area contributed by atoms with Gasteiger partial charge < -0.3 is 21.1 Å². The smallest absolute Gasteiger partial charge is 0.323 e. The van der Waals surface area contributed by atoms with Gasteiger partial charge in [-0.2, -0.15) is 9.61 Å². The number of carbonyl (C=O) groups is 1. The zero-order valence-electron chi connectivity index (χ0n) is 18.7. The maximum atomic E-state index is 13.7. The molecule has 0 aliphatic carbocycles. The Bertz CT molecular complexity index is 1550. The number of carbonyl (C=O) groups excluding carboxylic acids is 1. The first-order chi connectivity index (χ1) is 17.5. The third kappa shape index (κ3) is 4.98. The maximum Gasteiger partial charge on any atom is 0.323 e. The summed E-state index contributed by atoms with van der Waals surface area (Å²) < 4.78 is 16.1. The molecule has 36 heavy (non-hydrogen) atoms. The quantitative estimate of drug-likeness (QED) is 0.201. The molecule has 2 heterocycles. The summed E-state index contributed by atoms with van der Waals surface area (Å²) in [6, 6.07) is 21.5. The van der Waals surface area contributed by atoms with Gasteiger partial charge in [-0.1, -0.05) is 36.4 Å². The average Bonchev–Trinajstić information content (AvgIpc) is 3.26. The lowest BCUT2D eigenvalue weighted by atomic mass is 10.1. The molecule has 10 heteroatoms. The van der Waals surface area contributed by atoms with Crippen molar-refractivity contribution in [3.05, 3.63) is 101 Å². The first-order valence-electron chi connectivity index (χ1n) is 11.0. The number of amides is 2. The van der Waals surface area contributed by atoms with E-state index in [1.807, 2.05) is 24.3 Å². The van der Waals surface area contributed by atoms with Crippen molar-refractivity contribution in [3.8, 4) is 17.0 Å². The number of rotatable bonds is 6. The molecule has 0 atom stereocenters. The van der Waals surface area contributed by atoms with Crippen LogP contribution in [0.2, 0.25) is 0 Å². The van der Waals surface area contributed by atoms with Crippen LogP contribution in [0.3, 0.4) is 0 Å². The van der Waals surface area contributed by atoms with Crippen LogP contribution in [-0.2, 0) is 6.54 Å². The summed E-state index contributed by atoms with van der Waals surface area (Å²) in [5, 5.41) is 23.2. The Morgan fingerprint density at radius 3 is 2.53 bits per heavy atom. The van der Waals surface area contributed by atoms with Crippen molar-refractivity contribution in [2.75, 3.05) is 16.0 Å². The van der Waals surface area contributed by atoms with Crippen molar-refractivity contribution in [3.63, 3.8) is 0 Å². The van der Waals surface area contributed by atoms with E-state index in [1.54, 1.807) is 53.2 Å². The predicted molar refractivity (Wildman–Crippen MR) is 141 cm³/mol. The molecule has 5 aromatic rings. The number of phenolic OH excluding ortho intramolecular Hbond substituents is 1. The number of aromatic nitrogens is 3. The molecule has 8 nitrogen and oxygen atoms in total. The minimum Gasteiger partial charge on any atom is -0.507 e. The van der Waals surface area contributed by atoms with Gasteiger partial charge in [0.05, 0.1) is 22.1 Å². The molecule has 180 valence electrons. The lowest BCUT2D eigenvalue weighted by Crippen LogP contribution is -2.20. The fraction of sp³-hybridized carbons (Fsp3) is 0.0385. The highest BCUT2D eigenvalue weighted by atomic mass is 79.9. The third-order valence-electron chi connectivity index (χ3n) is 5.42. The first-order valence-corrected chi connectivity index (χ1v) is 11.8. The van der Waals surface area contributed by atoms with Crippen LogP contribution in [-0.4, -0.2) is 25.7 Å². The molecule has 0 fully saturated rings. The molecule has 3 aromatic carbocycles. The average molecular weight is 547 g/mol. The highest BCUT2D eigenvalue weighted by Gasteiger charge is 2.13. The van der Waals surface area contributed by atoms with Gasteiger partial charge in [-0.05, 0) is 57.9 Å². The summed E-state index contributed by atoms with van der Waals surface area (Å²) in [6.45, 7) is 0.471. The van der Waals surface area contributed by atoms with Crippen LogP contribution in [0.5, 0.6) is 5.75 Å². The number of urea groups is 1. The van der Waals surface area contributed by atoms with E-state index < -0.39 is 11.8 Å². The number of para-hydroxylation sites is 2. The van der Waals surface area contributed by atoms with Gasteiger partial charge in [0.2, 0.25) is 0 Å². The van der Waals surface area contributed by atoms with Gasteiger partial charge in [-0.15, -0.1) is 0 Å². The molecule has 5 rings (SSSR count). The Labute approximate surface area is 213 Å². The molecule has 2 amide bonds. The summed E-state index contributed by atoms with van der Waals surface area (Å²) in [6.07, 6.45) is 1.66. The number of anilines is 3. The van der Waals surface area contributed by atoms with Crippen molar-refractivity contribution in [2.24, 2.45) is 0 Å². The lowest BCUT2D eigenvalue weighted by Gasteiger charge is -2.12. The monoisotopic (exact) mass is 546 g/mol. The number of nitrogens with one attached hydrogen (secondary N) is 3. The predicted octanol–water partition coefficient (Wildman–Crippen LogP) is 6.26. The van der Waals surface area contributed by atoms with E-state index >= 15 is 0 Å². The molecule has 4 N–H and O–H groups in total. The molecule has 2 aromatic heterocycles. The van der Waals surface area contributed by atoms with Gasteiger partial charge in [-0.25, -0.2) is 14.2 Å². The Morgan fingerprint density at radius 2 is 1.75 bits per heavy atom. The van der Waals surface area contributed by atoms with E-state index in [9.17, 15) is 14.3 Å². The van der Waals surface area contributed by atoms with E-state index in [0.717, 1.165) is 10.0 Å². The summed E-state index contributed by atoms with van der Waals surface area (Å²) in [5.74, 6) is 0.322. The minimum absolute atomic E-state index is 0.105. The number of hydrogen-bond donors (Lipinski definition) is 4. The number of hydrogen-bond acceptors (Lipinski definition) is 5. The Kier molecular flexibility index (Phi) is 6.50. The van der Waals surface area contributed by atoms with Gasteiger partial charge >= 0.3 is 6.03 Å². The summed E-state index contributed by atoms with van der Waals surface area (Å²) >= 11 is 3.48. The molecule has 0 unspecified atom stereocenters. The van der Waals surface area contributed by atoms with Crippen LogP contribution in [0.4, 0.5) is 26.4 Å². The van der Waals surface area contributed by atoms with E-state index in [1.165, 1.54) is 12.1 Å². The molecular weight excluding hydrogens is 527 g/mol. The van der Waals surface area contributed by atoms with Crippen LogP contribution in [0.25, 0.3) is 16.9 Å². The van der Waals surface area contributed by atoms with Gasteiger partial charge in [0, 0.05) is 23.9 Å². The Hall–Kier alpha value is -4.44. The normalized spacial score (nSPS) is 10.8. The first kappa shape index (κ1) is 23.3. The zero-order valence-corrected chi connectivity index (χ0v) is 20.3. The standard InChI is InChI=1S/C26H20BrFN6O2/c27-19-15-30-34-24(13-22(32-25(19)34)18-5-1-4-8-23(18)35)29-14-16-9-11-17(12-10-16)31-26(36)33-21-7-3-2-6-20(21)28/h1-13,15,29,35H,14H2,(H2,31,33,36). The third-order valence-corrected chi connectivity index (χ3v) is 5.98. The molecule has 0 aliphatic heterocycles. The fourth-order valence-electron chi connectivity index (χ4n) is 3.64. The summed E-state index contributed by atoms with van der Waals surface area (Å²) in [4.78, 5) is 16.8. The molecule has 0 spiro atoms. The van der Waals surface area contributed by atoms with Gasteiger partial charge in [0.1, 0.15) is 17.4 Å². The number of benzene rings is 3. The van der Waals surface area contributed by atoms with Crippen LogP contribution < -0.4 is 16.0 Å². The highest BCUT2D eigenvalue weighted by molar-refractivity contribution is 9.10. The second-order valence-electron chi connectivity index (χ2n) is 7.88. The fourth-order valence-corrected chi connectivity index (χ4v) is 3.98. The zero-order chi connectivity index (χ0) is 25.1. The lowest BCUT2D eigenvalue weighted by molar-refractivity contribution is 0.262. The Balaban J connectivity index is 1.30. The van der Waals surface area contributed by atoms with Crippen molar-refractivity contribution in [1.29, 1.82) is 0 Å². The number of halogens is 2. The molecule has 0 bridgehead atoms. The van der Waals surface area contributed by atoms with E-state index in [0.29, 0.717) is 35.0 Å². The number of aromatic hydroxyl groups is 1. The van der Waals surface area contributed by atoms with Crippen LogP contribution in [0, 0.1) is 5.82 Å². The number of nitrogens with zero attached hydrogens (tertiary/aromatic N) is 3.